The number of anilines is 2. The minimum atomic E-state index is -0.450. The third-order valence-electron chi connectivity index (χ3n) is 4.62. The van der Waals surface area contributed by atoms with Crippen molar-refractivity contribution < 1.29 is 14.3 Å². The number of amides is 1. The largest absolute Gasteiger partial charge is 0.453 e. The quantitative estimate of drug-likeness (QED) is 0.893. The van der Waals surface area contributed by atoms with E-state index in [4.69, 9.17) is 4.74 Å². The molecule has 0 saturated carbocycles. The normalized spacial score (nSPS) is 22.7. The molecule has 2 aliphatic heterocycles. The van der Waals surface area contributed by atoms with Crippen molar-refractivity contribution in [2.75, 3.05) is 44.0 Å². The highest BCUT2D eigenvalue weighted by Crippen LogP contribution is 2.22. The molecule has 6 nitrogen and oxygen atoms in total. The molecule has 3 rings (SSSR count). The first-order valence-electron chi connectivity index (χ1n) is 8.28. The summed E-state index contributed by atoms with van der Waals surface area (Å²) in [6.45, 7) is 4.03. The molecule has 2 N–H and O–H groups in total. The van der Waals surface area contributed by atoms with Gasteiger partial charge in [0.05, 0.1) is 13.7 Å². The van der Waals surface area contributed by atoms with Crippen LogP contribution in [0.3, 0.4) is 0 Å². The van der Waals surface area contributed by atoms with Gasteiger partial charge in [-0.05, 0) is 37.5 Å². The van der Waals surface area contributed by atoms with Crippen molar-refractivity contribution in [1.82, 2.24) is 4.90 Å². The van der Waals surface area contributed by atoms with Crippen LogP contribution in [0.2, 0.25) is 0 Å². The van der Waals surface area contributed by atoms with Crippen LogP contribution in [0.4, 0.5) is 16.2 Å². The van der Waals surface area contributed by atoms with E-state index in [1.165, 1.54) is 13.5 Å². The van der Waals surface area contributed by atoms with Gasteiger partial charge in [0, 0.05) is 43.2 Å². The Morgan fingerprint density at radius 1 is 1.26 bits per heavy atom. The van der Waals surface area contributed by atoms with Crippen molar-refractivity contribution in [3.05, 3.63) is 24.3 Å². The van der Waals surface area contributed by atoms with E-state index in [0.717, 1.165) is 50.5 Å². The Morgan fingerprint density at radius 2 is 2.04 bits per heavy atom. The monoisotopic (exact) mass is 319 g/mol. The van der Waals surface area contributed by atoms with Crippen molar-refractivity contribution in [3.8, 4) is 0 Å². The highest BCUT2D eigenvalue weighted by atomic mass is 16.5. The van der Waals surface area contributed by atoms with Gasteiger partial charge in [-0.2, -0.15) is 0 Å². The van der Waals surface area contributed by atoms with Gasteiger partial charge >= 0.3 is 6.09 Å². The molecular weight excluding hydrogens is 294 g/mol. The fourth-order valence-electron chi connectivity index (χ4n) is 3.31. The summed E-state index contributed by atoms with van der Waals surface area (Å²) in [6.07, 6.45) is 2.98. The SMILES string of the molecule is COC(=O)Nc1cccc(NC2CCN([C@@H]3CCOC3)CC2)c1. The van der Waals surface area contributed by atoms with E-state index in [1.54, 1.807) is 0 Å². The average molecular weight is 319 g/mol. The third-order valence-corrected chi connectivity index (χ3v) is 4.62. The van der Waals surface area contributed by atoms with Gasteiger partial charge < -0.3 is 14.8 Å². The van der Waals surface area contributed by atoms with Crippen molar-refractivity contribution in [1.29, 1.82) is 0 Å². The number of carbonyl (C=O) groups excluding carboxylic acids is 1. The third kappa shape index (κ3) is 4.36. The van der Waals surface area contributed by atoms with Gasteiger partial charge in [-0.3, -0.25) is 10.2 Å². The lowest BCUT2D eigenvalue weighted by Crippen LogP contribution is -2.44. The summed E-state index contributed by atoms with van der Waals surface area (Å²) in [5.74, 6) is 0. The molecular formula is C17H25N3O3. The predicted octanol–water partition coefficient (Wildman–Crippen LogP) is 2.53. The summed E-state index contributed by atoms with van der Waals surface area (Å²) in [6, 6.07) is 8.84. The maximum atomic E-state index is 11.3. The number of carbonyl (C=O) groups is 1. The van der Waals surface area contributed by atoms with E-state index < -0.39 is 6.09 Å². The van der Waals surface area contributed by atoms with Crippen LogP contribution in [0.25, 0.3) is 0 Å². The molecule has 2 aliphatic rings. The van der Waals surface area contributed by atoms with E-state index in [0.29, 0.717) is 12.1 Å². The van der Waals surface area contributed by atoms with Crippen LogP contribution in [-0.4, -0.2) is 56.5 Å². The second-order valence-electron chi connectivity index (χ2n) is 6.17. The molecule has 126 valence electrons. The second-order valence-corrected chi connectivity index (χ2v) is 6.17. The van der Waals surface area contributed by atoms with Gasteiger partial charge in [-0.1, -0.05) is 6.07 Å². The second kappa shape index (κ2) is 7.66. The lowest BCUT2D eigenvalue weighted by Gasteiger charge is -2.36. The molecule has 1 aromatic carbocycles. The molecule has 0 bridgehead atoms. The first-order chi connectivity index (χ1) is 11.2. The fourth-order valence-corrected chi connectivity index (χ4v) is 3.31. The molecule has 6 heteroatoms. The van der Waals surface area contributed by atoms with Gasteiger partial charge in [0.2, 0.25) is 0 Å². The number of likely N-dealkylation sites (tertiary alicyclic amines) is 1. The van der Waals surface area contributed by atoms with Crippen molar-refractivity contribution in [2.24, 2.45) is 0 Å². The minimum absolute atomic E-state index is 0.450. The Bertz CT molecular complexity index is 524. The number of piperidine rings is 1. The van der Waals surface area contributed by atoms with Crippen LogP contribution in [0.15, 0.2) is 24.3 Å². The van der Waals surface area contributed by atoms with E-state index in [9.17, 15) is 4.79 Å². The van der Waals surface area contributed by atoms with Crippen LogP contribution in [0.5, 0.6) is 0 Å². The summed E-state index contributed by atoms with van der Waals surface area (Å²) in [4.78, 5) is 13.8. The lowest BCUT2D eigenvalue weighted by molar-refractivity contribution is 0.124. The molecule has 1 amide bonds. The van der Waals surface area contributed by atoms with Crippen LogP contribution in [0, 0.1) is 0 Å². The highest BCUT2D eigenvalue weighted by molar-refractivity contribution is 5.85. The van der Waals surface area contributed by atoms with Crippen LogP contribution >= 0.6 is 0 Å². The number of benzene rings is 1. The molecule has 1 aromatic rings. The first kappa shape index (κ1) is 16.1. The zero-order chi connectivity index (χ0) is 16.1. The zero-order valence-electron chi connectivity index (χ0n) is 13.6. The maximum absolute atomic E-state index is 11.3. The Kier molecular flexibility index (Phi) is 5.35. The van der Waals surface area contributed by atoms with E-state index in [-0.39, 0.29) is 0 Å². The van der Waals surface area contributed by atoms with E-state index >= 15 is 0 Å². The lowest BCUT2D eigenvalue weighted by atomic mass is 10.0. The van der Waals surface area contributed by atoms with Gasteiger partial charge in [-0.15, -0.1) is 0 Å². The zero-order valence-corrected chi connectivity index (χ0v) is 13.6. The number of hydrogen-bond donors (Lipinski definition) is 2. The van der Waals surface area contributed by atoms with Crippen LogP contribution < -0.4 is 10.6 Å². The smallest absolute Gasteiger partial charge is 0.411 e. The van der Waals surface area contributed by atoms with Gasteiger partial charge in [0.25, 0.3) is 0 Å². The Balaban J connectivity index is 1.50. The van der Waals surface area contributed by atoms with Crippen LogP contribution in [-0.2, 0) is 9.47 Å². The predicted molar refractivity (Wildman–Crippen MR) is 89.9 cm³/mol. The van der Waals surface area contributed by atoms with Crippen molar-refractivity contribution >= 4 is 17.5 Å². The van der Waals surface area contributed by atoms with Crippen LogP contribution in [0.1, 0.15) is 19.3 Å². The van der Waals surface area contributed by atoms with Crippen molar-refractivity contribution in [2.45, 2.75) is 31.3 Å². The summed E-state index contributed by atoms with van der Waals surface area (Å²) < 4.78 is 10.1. The topological polar surface area (TPSA) is 62.8 Å². The maximum Gasteiger partial charge on any atom is 0.411 e. The number of ether oxygens (including phenoxy) is 2. The first-order valence-corrected chi connectivity index (χ1v) is 8.28. The number of hydrogen-bond acceptors (Lipinski definition) is 5. The number of nitrogens with zero attached hydrogens (tertiary/aromatic N) is 1. The fraction of sp³-hybridized carbons (Fsp3) is 0.588. The molecule has 0 aromatic heterocycles. The molecule has 0 unspecified atom stereocenters. The van der Waals surface area contributed by atoms with Gasteiger partial charge in [0.15, 0.2) is 0 Å². The molecule has 1 atom stereocenters. The number of methoxy groups -OCH3 is 1. The van der Waals surface area contributed by atoms with E-state index in [2.05, 4.69) is 20.3 Å². The molecule has 2 saturated heterocycles. The number of rotatable bonds is 4. The Morgan fingerprint density at radius 3 is 2.74 bits per heavy atom. The minimum Gasteiger partial charge on any atom is -0.453 e. The molecule has 2 fully saturated rings. The van der Waals surface area contributed by atoms with E-state index in [1.807, 2.05) is 24.3 Å². The Labute approximate surface area is 137 Å². The molecule has 0 spiro atoms. The molecule has 0 aliphatic carbocycles. The summed E-state index contributed by atoms with van der Waals surface area (Å²) in [5.41, 5.74) is 1.77. The molecule has 23 heavy (non-hydrogen) atoms. The summed E-state index contributed by atoms with van der Waals surface area (Å²) in [5, 5.41) is 6.26. The Hall–Kier alpha value is -1.79. The number of nitrogens with one attached hydrogen (secondary N) is 2. The summed E-state index contributed by atoms with van der Waals surface area (Å²) in [7, 11) is 1.36. The highest BCUT2D eigenvalue weighted by Gasteiger charge is 2.27. The van der Waals surface area contributed by atoms with Gasteiger partial charge in [0.1, 0.15) is 0 Å². The molecule has 0 radical (unpaired) electrons. The summed E-state index contributed by atoms with van der Waals surface area (Å²) >= 11 is 0. The molecule has 2 heterocycles. The average Bonchev–Trinajstić information content (AvgIpc) is 3.10. The standard InChI is InChI=1S/C17H25N3O3/c1-22-17(21)19-15-4-2-3-14(11-15)18-13-5-8-20(9-6-13)16-7-10-23-12-16/h2-4,11,13,16,18H,5-10,12H2,1H3,(H,19,21)/t16-/m1/s1. The van der Waals surface area contributed by atoms with Gasteiger partial charge in [-0.25, -0.2) is 4.79 Å². The van der Waals surface area contributed by atoms with Crippen molar-refractivity contribution in [3.63, 3.8) is 0 Å².